The molecule has 0 aliphatic carbocycles. The van der Waals surface area contributed by atoms with E-state index in [1.165, 1.54) is 5.56 Å². The average Bonchev–Trinajstić information content (AvgIpc) is 2.64. The highest BCUT2D eigenvalue weighted by molar-refractivity contribution is 7.17. The van der Waals surface area contributed by atoms with E-state index in [-0.39, 0.29) is 17.8 Å². The maximum Gasteiger partial charge on any atom is 0.329 e. The van der Waals surface area contributed by atoms with Gasteiger partial charge >= 0.3 is 8.69 Å². The zero-order chi connectivity index (χ0) is 20.0. The monoisotopic (exact) mass is 386 g/mol. The predicted molar refractivity (Wildman–Crippen MR) is 107 cm³/mol. The van der Waals surface area contributed by atoms with E-state index in [0.29, 0.717) is 17.5 Å². The molecule has 0 heterocycles. The number of rotatable bonds is 8. The van der Waals surface area contributed by atoms with E-state index in [0.717, 1.165) is 11.1 Å². The molecule has 2 rings (SSSR count). The first-order valence-corrected chi connectivity index (χ1v) is 9.84. The molecule has 1 unspecified atom stereocenters. The van der Waals surface area contributed by atoms with Crippen molar-refractivity contribution in [1.29, 1.82) is 0 Å². The minimum absolute atomic E-state index is 0.0336. The Kier molecular flexibility index (Phi) is 7.43. The summed E-state index contributed by atoms with van der Waals surface area (Å²) in [5.41, 5.74) is 4.30. The first-order valence-electron chi connectivity index (χ1n) is 9.11. The second-order valence-electron chi connectivity index (χ2n) is 7.59. The van der Waals surface area contributed by atoms with E-state index in [1.54, 1.807) is 0 Å². The lowest BCUT2D eigenvalue weighted by Gasteiger charge is -2.19. The van der Waals surface area contributed by atoms with Crippen LogP contribution in [-0.4, -0.2) is 12.1 Å². The molecule has 0 saturated heterocycles. The summed E-state index contributed by atoms with van der Waals surface area (Å²) < 4.78 is 21.4. The Morgan fingerprint density at radius 2 is 1.78 bits per heavy atom. The molecular formula is C22H27O4P. The van der Waals surface area contributed by atoms with Crippen molar-refractivity contribution >= 4 is 14.5 Å². The van der Waals surface area contributed by atoms with E-state index >= 15 is 0 Å². The van der Waals surface area contributed by atoms with Gasteiger partial charge in [-0.3, -0.25) is 9.32 Å². The highest BCUT2D eigenvalue weighted by Crippen LogP contribution is 2.25. The summed E-state index contributed by atoms with van der Waals surface area (Å²) in [6.45, 7) is 10.5. The van der Waals surface area contributed by atoms with Crippen LogP contribution in [0.3, 0.4) is 0 Å². The highest BCUT2D eigenvalue weighted by atomic mass is 31.1. The van der Waals surface area contributed by atoms with E-state index in [2.05, 4.69) is 20.8 Å². The first kappa shape index (κ1) is 21.4. The summed E-state index contributed by atoms with van der Waals surface area (Å²) in [7, 11) is -0.413. The summed E-state index contributed by atoms with van der Waals surface area (Å²) >= 11 is 0. The van der Waals surface area contributed by atoms with E-state index in [1.807, 2.05) is 56.3 Å². The molecule has 0 N–H and O–H groups in total. The topological polar surface area (TPSA) is 52.6 Å². The summed E-state index contributed by atoms with van der Waals surface area (Å²) in [5.74, 6) is -0.0336. The zero-order valence-electron chi connectivity index (χ0n) is 16.6. The van der Waals surface area contributed by atoms with Gasteiger partial charge in [0.15, 0.2) is 12.1 Å². The largest absolute Gasteiger partial charge is 0.347 e. The summed E-state index contributed by atoms with van der Waals surface area (Å²) in [6, 6.07) is 13.4. The number of ether oxygens (including phenoxy) is 1. The first-order chi connectivity index (χ1) is 12.8. The van der Waals surface area contributed by atoms with Gasteiger partial charge in [0, 0.05) is 11.1 Å². The van der Waals surface area contributed by atoms with Gasteiger partial charge in [-0.25, -0.2) is 4.57 Å². The van der Waals surface area contributed by atoms with Gasteiger partial charge in [-0.15, -0.1) is 0 Å². The third-order valence-electron chi connectivity index (χ3n) is 4.58. The number of hydrogen-bond acceptors (Lipinski definition) is 4. The molecule has 2 aromatic rings. The zero-order valence-corrected chi connectivity index (χ0v) is 17.5. The van der Waals surface area contributed by atoms with Crippen molar-refractivity contribution in [3.05, 3.63) is 70.3 Å². The van der Waals surface area contributed by atoms with Crippen LogP contribution in [0.2, 0.25) is 0 Å². The SMILES string of the molecule is CCC(OCc1c(C)cccc1C(=O)c1ccc(C(C)(C)C)cc1)OP=O. The van der Waals surface area contributed by atoms with Crippen LogP contribution in [0.25, 0.3) is 0 Å². The Morgan fingerprint density at radius 3 is 2.33 bits per heavy atom. The van der Waals surface area contributed by atoms with Crippen LogP contribution in [0.15, 0.2) is 42.5 Å². The fraction of sp³-hybridized carbons (Fsp3) is 0.409. The summed E-state index contributed by atoms with van der Waals surface area (Å²) in [5, 5.41) is 0. The van der Waals surface area contributed by atoms with Crippen molar-refractivity contribution in [2.75, 3.05) is 0 Å². The van der Waals surface area contributed by atoms with Crippen molar-refractivity contribution in [3.63, 3.8) is 0 Å². The van der Waals surface area contributed by atoms with Crippen molar-refractivity contribution in [2.24, 2.45) is 0 Å². The summed E-state index contributed by atoms with van der Waals surface area (Å²) in [6.07, 6.45) is -0.00337. The van der Waals surface area contributed by atoms with Gasteiger partial charge in [-0.05, 0) is 35.4 Å². The fourth-order valence-electron chi connectivity index (χ4n) is 2.83. The van der Waals surface area contributed by atoms with Gasteiger partial charge in [0.2, 0.25) is 0 Å². The van der Waals surface area contributed by atoms with E-state index < -0.39 is 15.0 Å². The molecule has 0 aliphatic heterocycles. The Hall–Kier alpha value is -1.87. The van der Waals surface area contributed by atoms with Crippen LogP contribution in [0.1, 0.15) is 66.7 Å². The van der Waals surface area contributed by atoms with Crippen molar-refractivity contribution in [2.45, 2.75) is 59.4 Å². The van der Waals surface area contributed by atoms with Crippen molar-refractivity contribution in [3.8, 4) is 0 Å². The maximum absolute atomic E-state index is 13.1. The number of carbonyl (C=O) groups excluding carboxylic acids is 1. The molecule has 1 atom stereocenters. The highest BCUT2D eigenvalue weighted by Gasteiger charge is 2.19. The molecule has 0 fully saturated rings. The predicted octanol–water partition coefficient (Wildman–Crippen LogP) is 6.00. The van der Waals surface area contributed by atoms with Gasteiger partial charge < -0.3 is 4.74 Å². The van der Waals surface area contributed by atoms with Crippen molar-refractivity contribution < 1.29 is 18.6 Å². The Labute approximate surface area is 163 Å². The minimum atomic E-state index is -0.571. The molecule has 0 amide bonds. The lowest BCUT2D eigenvalue weighted by Crippen LogP contribution is -2.15. The molecule has 2 aromatic carbocycles. The molecule has 0 radical (unpaired) electrons. The number of ketones is 1. The quantitative estimate of drug-likeness (QED) is 0.317. The normalized spacial score (nSPS) is 12.9. The third-order valence-corrected chi connectivity index (χ3v) is 4.90. The minimum Gasteiger partial charge on any atom is -0.347 e. The number of benzene rings is 2. The molecule has 0 spiro atoms. The molecule has 0 bridgehead atoms. The molecule has 5 heteroatoms. The molecule has 0 aliphatic rings. The number of carbonyl (C=O) groups is 1. The van der Waals surface area contributed by atoms with Gasteiger partial charge in [-0.1, -0.05) is 70.2 Å². The van der Waals surface area contributed by atoms with Gasteiger partial charge in [0.1, 0.15) is 0 Å². The van der Waals surface area contributed by atoms with Crippen LogP contribution >= 0.6 is 8.69 Å². The lowest BCUT2D eigenvalue weighted by molar-refractivity contribution is -0.0843. The Balaban J connectivity index is 2.28. The van der Waals surface area contributed by atoms with Crippen LogP contribution < -0.4 is 0 Å². The van der Waals surface area contributed by atoms with Crippen LogP contribution in [-0.2, 0) is 25.8 Å². The average molecular weight is 386 g/mol. The maximum atomic E-state index is 13.1. The van der Waals surface area contributed by atoms with Crippen LogP contribution in [0.5, 0.6) is 0 Å². The van der Waals surface area contributed by atoms with Crippen LogP contribution in [0, 0.1) is 6.92 Å². The Bertz CT molecular complexity index is 791. The second kappa shape index (κ2) is 9.36. The van der Waals surface area contributed by atoms with Gasteiger partial charge in [-0.2, -0.15) is 0 Å². The summed E-state index contributed by atoms with van der Waals surface area (Å²) in [4.78, 5) is 13.1. The van der Waals surface area contributed by atoms with E-state index in [4.69, 9.17) is 9.26 Å². The second-order valence-corrected chi connectivity index (χ2v) is 7.95. The molecule has 27 heavy (non-hydrogen) atoms. The lowest BCUT2D eigenvalue weighted by atomic mass is 9.86. The number of aryl methyl sites for hydroxylation is 1. The standard InChI is InChI=1S/C22H27O4P/c1-6-20(26-27-24)25-14-19-15(2)8-7-9-18(19)21(23)16-10-12-17(13-11-16)22(3,4)5/h7-13,20H,6,14H2,1-5H3. The molecule has 144 valence electrons. The molecular weight excluding hydrogens is 359 g/mol. The van der Waals surface area contributed by atoms with Gasteiger partial charge in [0.05, 0.1) is 6.61 Å². The number of hydrogen-bond donors (Lipinski definition) is 0. The molecule has 0 saturated carbocycles. The third kappa shape index (κ3) is 5.55. The Morgan fingerprint density at radius 1 is 1.11 bits per heavy atom. The van der Waals surface area contributed by atoms with Crippen LogP contribution in [0.4, 0.5) is 0 Å². The van der Waals surface area contributed by atoms with E-state index in [9.17, 15) is 9.36 Å². The molecule has 4 nitrogen and oxygen atoms in total. The fourth-order valence-corrected chi connectivity index (χ4v) is 3.14. The van der Waals surface area contributed by atoms with Gasteiger partial charge in [0.25, 0.3) is 0 Å². The smallest absolute Gasteiger partial charge is 0.329 e. The molecule has 0 aromatic heterocycles. The van der Waals surface area contributed by atoms with Crippen molar-refractivity contribution in [1.82, 2.24) is 0 Å².